The van der Waals surface area contributed by atoms with Crippen LogP contribution in [0, 0.1) is 26.7 Å². The molecule has 0 spiro atoms. The molecule has 0 saturated heterocycles. The largest absolute Gasteiger partial charge is 0.493 e. The van der Waals surface area contributed by atoms with Crippen LogP contribution in [0.4, 0.5) is 0 Å². The summed E-state index contributed by atoms with van der Waals surface area (Å²) in [6, 6.07) is 0. The maximum absolute atomic E-state index is 12.5. The van der Waals surface area contributed by atoms with E-state index < -0.39 is 5.60 Å². The molecule has 1 aromatic rings. The summed E-state index contributed by atoms with van der Waals surface area (Å²) in [7, 11) is 0. The van der Waals surface area contributed by atoms with Crippen molar-refractivity contribution in [3.63, 3.8) is 0 Å². The van der Waals surface area contributed by atoms with Gasteiger partial charge in [-0.25, -0.2) is 0 Å². The van der Waals surface area contributed by atoms with E-state index in [1.807, 2.05) is 34.6 Å². The molecule has 20 heavy (non-hydrogen) atoms. The molecule has 1 heterocycles. The van der Waals surface area contributed by atoms with E-state index in [1.54, 1.807) is 0 Å². The van der Waals surface area contributed by atoms with Crippen LogP contribution in [0.5, 0.6) is 11.5 Å². The van der Waals surface area contributed by atoms with Gasteiger partial charge in [-0.15, -0.1) is 0 Å². The molecule has 3 heteroatoms. The van der Waals surface area contributed by atoms with Crippen LogP contribution in [0.3, 0.4) is 0 Å². The zero-order valence-corrected chi connectivity index (χ0v) is 13.5. The van der Waals surface area contributed by atoms with Crippen LogP contribution in [0.25, 0.3) is 0 Å². The topological polar surface area (TPSA) is 35.5 Å². The molecular formula is C17H24O3. The lowest BCUT2D eigenvalue weighted by atomic mass is 9.92. The Bertz CT molecular complexity index is 568. The van der Waals surface area contributed by atoms with Gasteiger partial charge in [0.05, 0.1) is 12.2 Å². The van der Waals surface area contributed by atoms with Crippen molar-refractivity contribution in [2.45, 2.75) is 54.1 Å². The van der Waals surface area contributed by atoms with Crippen molar-refractivity contribution in [1.82, 2.24) is 0 Å². The molecule has 1 aliphatic heterocycles. The van der Waals surface area contributed by atoms with Gasteiger partial charge in [0, 0.05) is 5.56 Å². The molecule has 0 fully saturated rings. The first-order chi connectivity index (χ1) is 9.16. The van der Waals surface area contributed by atoms with Gasteiger partial charge in [-0.3, -0.25) is 4.79 Å². The lowest BCUT2D eigenvalue weighted by Gasteiger charge is -2.18. The smallest absolute Gasteiger partial charge is 0.209 e. The first-order valence-electron chi connectivity index (χ1n) is 7.17. The number of hydrogen-bond donors (Lipinski definition) is 0. The summed E-state index contributed by atoms with van der Waals surface area (Å²) in [6.45, 7) is 14.5. The van der Waals surface area contributed by atoms with Crippen molar-refractivity contribution in [2.24, 2.45) is 5.92 Å². The number of ether oxygens (including phenoxy) is 2. The van der Waals surface area contributed by atoms with Crippen molar-refractivity contribution < 1.29 is 14.3 Å². The molecule has 0 aliphatic carbocycles. The number of Topliss-reactive ketones (excluding diaryl/α,β-unsaturated/α-hetero) is 1. The summed E-state index contributed by atoms with van der Waals surface area (Å²) < 4.78 is 11.8. The fourth-order valence-electron chi connectivity index (χ4n) is 2.56. The minimum Gasteiger partial charge on any atom is -0.493 e. The maximum atomic E-state index is 12.5. The van der Waals surface area contributed by atoms with E-state index >= 15 is 0 Å². The third-order valence-corrected chi connectivity index (χ3v) is 3.88. The van der Waals surface area contributed by atoms with Gasteiger partial charge in [0.1, 0.15) is 11.5 Å². The molecule has 110 valence electrons. The molecule has 0 saturated carbocycles. The van der Waals surface area contributed by atoms with Crippen LogP contribution in [0.2, 0.25) is 0 Å². The third kappa shape index (κ3) is 2.19. The third-order valence-electron chi connectivity index (χ3n) is 3.88. The number of benzene rings is 1. The Balaban J connectivity index is 2.57. The number of carbonyl (C=O) groups excluding carboxylic acids is 1. The zero-order chi connectivity index (χ0) is 15.2. The Morgan fingerprint density at radius 2 is 1.70 bits per heavy atom. The van der Waals surface area contributed by atoms with Gasteiger partial charge in [0.15, 0.2) is 5.60 Å². The lowest BCUT2D eigenvalue weighted by Crippen LogP contribution is -2.32. The molecule has 0 bridgehead atoms. The Morgan fingerprint density at radius 3 is 2.25 bits per heavy atom. The summed E-state index contributed by atoms with van der Waals surface area (Å²) in [6.07, 6.45) is 0. The fraction of sp³-hybridized carbons (Fsp3) is 0.588. The highest BCUT2D eigenvalue weighted by molar-refractivity contribution is 6.09. The van der Waals surface area contributed by atoms with E-state index in [0.717, 1.165) is 28.2 Å². The Morgan fingerprint density at radius 1 is 1.10 bits per heavy atom. The van der Waals surface area contributed by atoms with Crippen LogP contribution in [0.1, 0.15) is 54.7 Å². The number of rotatable bonds is 3. The van der Waals surface area contributed by atoms with Crippen molar-refractivity contribution in [2.75, 3.05) is 6.61 Å². The van der Waals surface area contributed by atoms with Gasteiger partial charge < -0.3 is 9.47 Å². The van der Waals surface area contributed by atoms with E-state index in [1.165, 1.54) is 0 Å². The first-order valence-corrected chi connectivity index (χ1v) is 7.17. The van der Waals surface area contributed by atoms with Crippen LogP contribution in [-0.4, -0.2) is 18.0 Å². The predicted octanol–water partition coefficient (Wildman–Crippen LogP) is 4.00. The number of carbonyl (C=O) groups is 1. The van der Waals surface area contributed by atoms with Gasteiger partial charge >= 0.3 is 0 Å². The second-order valence-corrected chi connectivity index (χ2v) is 6.55. The minimum absolute atomic E-state index is 0.0440. The van der Waals surface area contributed by atoms with Crippen molar-refractivity contribution in [3.05, 3.63) is 22.3 Å². The van der Waals surface area contributed by atoms with Crippen LogP contribution >= 0.6 is 0 Å². The molecule has 0 atom stereocenters. The number of ketones is 1. The monoisotopic (exact) mass is 276 g/mol. The van der Waals surface area contributed by atoms with E-state index in [-0.39, 0.29) is 5.78 Å². The average Bonchev–Trinajstić information content (AvgIpc) is 2.58. The molecule has 3 nitrogen and oxygen atoms in total. The van der Waals surface area contributed by atoms with Crippen LogP contribution in [0.15, 0.2) is 0 Å². The number of hydrogen-bond acceptors (Lipinski definition) is 3. The SMILES string of the molecule is Cc1c(C)c2c(c(C)c1OCC(C)C)C(=O)C(C)(C)O2. The van der Waals surface area contributed by atoms with Crippen molar-refractivity contribution >= 4 is 5.78 Å². The molecule has 1 aliphatic rings. The summed E-state index contributed by atoms with van der Waals surface area (Å²) in [5.74, 6) is 2.06. The standard InChI is InChI=1S/C17H24O3/c1-9(2)8-19-14-10(3)11(4)15-13(12(14)5)16(18)17(6,7)20-15/h9H,8H2,1-7H3. The van der Waals surface area contributed by atoms with Crippen LogP contribution in [-0.2, 0) is 0 Å². The highest BCUT2D eigenvalue weighted by Crippen LogP contribution is 2.45. The van der Waals surface area contributed by atoms with Gasteiger partial charge in [0.2, 0.25) is 5.78 Å². The summed E-state index contributed by atoms with van der Waals surface area (Å²) in [5, 5.41) is 0. The van der Waals surface area contributed by atoms with Crippen molar-refractivity contribution in [1.29, 1.82) is 0 Å². The Hall–Kier alpha value is -1.51. The van der Waals surface area contributed by atoms with Crippen molar-refractivity contribution in [3.8, 4) is 11.5 Å². The van der Waals surface area contributed by atoms with Gasteiger partial charge in [0.25, 0.3) is 0 Å². The quantitative estimate of drug-likeness (QED) is 0.837. The Kier molecular flexibility index (Phi) is 3.57. The normalized spacial score (nSPS) is 16.3. The highest BCUT2D eigenvalue weighted by atomic mass is 16.5. The maximum Gasteiger partial charge on any atom is 0.209 e. The van der Waals surface area contributed by atoms with E-state index in [9.17, 15) is 4.79 Å². The summed E-state index contributed by atoms with van der Waals surface area (Å²) in [5.41, 5.74) is 2.88. The first kappa shape index (κ1) is 14.9. The minimum atomic E-state index is -0.777. The fourth-order valence-corrected chi connectivity index (χ4v) is 2.56. The Labute approximate surface area is 121 Å². The van der Waals surface area contributed by atoms with Crippen LogP contribution < -0.4 is 9.47 Å². The van der Waals surface area contributed by atoms with E-state index in [4.69, 9.17) is 9.47 Å². The van der Waals surface area contributed by atoms with E-state index in [0.29, 0.717) is 18.1 Å². The molecule has 0 amide bonds. The molecule has 1 aromatic carbocycles. The molecule has 0 aromatic heterocycles. The summed E-state index contributed by atoms with van der Waals surface area (Å²) >= 11 is 0. The molecule has 0 N–H and O–H groups in total. The predicted molar refractivity (Wildman–Crippen MR) is 80.0 cm³/mol. The van der Waals surface area contributed by atoms with Gasteiger partial charge in [-0.2, -0.15) is 0 Å². The number of fused-ring (bicyclic) bond motifs is 1. The molecule has 0 unspecified atom stereocenters. The second kappa shape index (κ2) is 4.80. The van der Waals surface area contributed by atoms with Gasteiger partial charge in [-0.05, 0) is 51.7 Å². The second-order valence-electron chi connectivity index (χ2n) is 6.55. The van der Waals surface area contributed by atoms with E-state index in [2.05, 4.69) is 13.8 Å². The zero-order valence-electron chi connectivity index (χ0n) is 13.5. The average molecular weight is 276 g/mol. The lowest BCUT2D eigenvalue weighted by molar-refractivity contribution is 0.0683. The summed E-state index contributed by atoms with van der Waals surface area (Å²) in [4.78, 5) is 12.5. The molecular weight excluding hydrogens is 252 g/mol. The molecule has 2 rings (SSSR count). The molecule has 0 radical (unpaired) electrons. The highest BCUT2D eigenvalue weighted by Gasteiger charge is 2.43. The van der Waals surface area contributed by atoms with Gasteiger partial charge in [-0.1, -0.05) is 13.8 Å².